The Morgan fingerprint density at radius 1 is 1.08 bits per heavy atom. The Balaban J connectivity index is 1.69. The fourth-order valence-corrected chi connectivity index (χ4v) is 3.37. The molecule has 1 fully saturated rings. The summed E-state index contributed by atoms with van der Waals surface area (Å²) in [6.07, 6.45) is 2.00. The number of rotatable bonds is 4. The smallest absolute Gasteiger partial charge is 0.254 e. The second-order valence-electron chi connectivity index (χ2n) is 7.25. The molecule has 1 amide bonds. The zero-order valence-electron chi connectivity index (χ0n) is 15.1. The molecule has 0 radical (unpaired) electrons. The van der Waals surface area contributed by atoms with Crippen LogP contribution in [0, 0.1) is 13.8 Å². The molecule has 2 aromatic carbocycles. The van der Waals surface area contributed by atoms with Gasteiger partial charge in [-0.25, -0.2) is 0 Å². The van der Waals surface area contributed by atoms with E-state index in [0.29, 0.717) is 17.7 Å². The van der Waals surface area contributed by atoms with Gasteiger partial charge in [0.15, 0.2) is 0 Å². The molecule has 0 atom stereocenters. The normalized spacial score (nSPS) is 13.8. The Morgan fingerprint density at radius 2 is 1.85 bits per heavy atom. The van der Waals surface area contributed by atoms with Crippen LogP contribution in [0.25, 0.3) is 10.9 Å². The Bertz CT molecular complexity index is 1050. The number of carbonyl (C=O) groups is 1. The molecule has 0 unspecified atom stereocenters. The van der Waals surface area contributed by atoms with E-state index in [0.717, 1.165) is 34.9 Å². The van der Waals surface area contributed by atoms with Crippen LogP contribution in [-0.4, -0.2) is 21.8 Å². The van der Waals surface area contributed by atoms with E-state index in [1.54, 1.807) is 0 Å². The minimum absolute atomic E-state index is 0.0000563. The first-order valence-corrected chi connectivity index (χ1v) is 9.01. The van der Waals surface area contributed by atoms with Crippen molar-refractivity contribution in [1.29, 1.82) is 0 Å². The Labute approximate surface area is 152 Å². The third-order valence-electron chi connectivity index (χ3n) is 4.93. The molecule has 1 aliphatic rings. The SMILES string of the molecule is Cc1cccc(C(=O)N(Cc2cc3cc(C)ccc3[nH]c2=O)C2CC2)c1. The first kappa shape index (κ1) is 16.6. The molecule has 4 rings (SSSR count). The van der Waals surface area contributed by atoms with Gasteiger partial charge in [0.05, 0.1) is 6.54 Å². The molecule has 0 bridgehead atoms. The highest BCUT2D eigenvalue weighted by Gasteiger charge is 2.33. The molecule has 1 N–H and O–H groups in total. The maximum absolute atomic E-state index is 13.0. The van der Waals surface area contributed by atoms with Gasteiger partial charge in [-0.15, -0.1) is 0 Å². The number of nitrogens with one attached hydrogen (secondary N) is 1. The molecule has 1 saturated carbocycles. The standard InChI is InChI=1S/C22H22N2O2/c1-14-4-3-5-16(10-14)22(26)24(19-7-8-19)13-18-12-17-11-15(2)6-9-20(17)23-21(18)25/h3-6,9-12,19H,7-8,13H2,1-2H3,(H,23,25). The minimum atomic E-state index is -0.121. The largest absolute Gasteiger partial charge is 0.331 e. The molecule has 26 heavy (non-hydrogen) atoms. The van der Waals surface area contributed by atoms with E-state index in [9.17, 15) is 9.59 Å². The number of nitrogens with zero attached hydrogens (tertiary/aromatic N) is 1. The van der Waals surface area contributed by atoms with Crippen LogP contribution in [-0.2, 0) is 6.54 Å². The molecule has 4 heteroatoms. The lowest BCUT2D eigenvalue weighted by Gasteiger charge is -2.22. The number of fused-ring (bicyclic) bond motifs is 1. The van der Waals surface area contributed by atoms with Crippen molar-refractivity contribution in [2.45, 2.75) is 39.3 Å². The number of hydrogen-bond donors (Lipinski definition) is 1. The maximum atomic E-state index is 13.0. The maximum Gasteiger partial charge on any atom is 0.254 e. The summed E-state index contributed by atoms with van der Waals surface area (Å²) in [7, 11) is 0. The van der Waals surface area contributed by atoms with Gasteiger partial charge in [0.1, 0.15) is 0 Å². The fraction of sp³-hybridized carbons (Fsp3) is 0.273. The third kappa shape index (κ3) is 3.27. The van der Waals surface area contributed by atoms with Crippen LogP contribution in [0.4, 0.5) is 0 Å². The molecule has 4 nitrogen and oxygen atoms in total. The van der Waals surface area contributed by atoms with E-state index in [2.05, 4.69) is 11.1 Å². The molecule has 1 aromatic heterocycles. The van der Waals surface area contributed by atoms with E-state index < -0.39 is 0 Å². The van der Waals surface area contributed by atoms with Crippen molar-refractivity contribution in [2.24, 2.45) is 0 Å². The number of pyridine rings is 1. The summed E-state index contributed by atoms with van der Waals surface area (Å²) in [4.78, 5) is 30.3. The van der Waals surface area contributed by atoms with Crippen LogP contribution in [0.3, 0.4) is 0 Å². The van der Waals surface area contributed by atoms with Crippen molar-refractivity contribution in [3.63, 3.8) is 0 Å². The van der Waals surface area contributed by atoms with Crippen molar-refractivity contribution in [2.75, 3.05) is 0 Å². The molecular weight excluding hydrogens is 324 g/mol. The first-order chi connectivity index (χ1) is 12.5. The zero-order valence-corrected chi connectivity index (χ0v) is 15.1. The number of aryl methyl sites for hydroxylation is 2. The summed E-state index contributed by atoms with van der Waals surface area (Å²) in [5, 5.41) is 0.998. The van der Waals surface area contributed by atoms with E-state index in [1.165, 1.54) is 0 Å². The second-order valence-corrected chi connectivity index (χ2v) is 7.25. The average Bonchev–Trinajstić information content (AvgIpc) is 3.44. The van der Waals surface area contributed by atoms with Crippen LogP contribution < -0.4 is 5.56 Å². The van der Waals surface area contributed by atoms with Crippen molar-refractivity contribution in [3.05, 3.63) is 81.1 Å². The quantitative estimate of drug-likeness (QED) is 0.778. The van der Waals surface area contributed by atoms with Gasteiger partial charge in [-0.3, -0.25) is 9.59 Å². The molecule has 3 aromatic rings. The van der Waals surface area contributed by atoms with E-state index in [1.807, 2.05) is 61.2 Å². The monoisotopic (exact) mass is 346 g/mol. The van der Waals surface area contributed by atoms with Crippen molar-refractivity contribution < 1.29 is 4.79 Å². The summed E-state index contributed by atoms with van der Waals surface area (Å²) >= 11 is 0. The van der Waals surface area contributed by atoms with Gasteiger partial charge in [-0.2, -0.15) is 0 Å². The van der Waals surface area contributed by atoms with Crippen LogP contribution in [0.15, 0.2) is 53.3 Å². The Morgan fingerprint density at radius 3 is 2.58 bits per heavy atom. The summed E-state index contributed by atoms with van der Waals surface area (Å²) < 4.78 is 0. The lowest BCUT2D eigenvalue weighted by molar-refractivity contribution is 0.0729. The predicted octanol–water partition coefficient (Wildman–Crippen LogP) is 3.95. The number of H-pyrrole nitrogens is 1. The van der Waals surface area contributed by atoms with Gasteiger partial charge in [-0.05, 0) is 62.4 Å². The third-order valence-corrected chi connectivity index (χ3v) is 4.93. The highest BCUT2D eigenvalue weighted by atomic mass is 16.2. The average molecular weight is 346 g/mol. The number of aromatic nitrogens is 1. The minimum Gasteiger partial charge on any atom is -0.331 e. The van der Waals surface area contributed by atoms with E-state index >= 15 is 0 Å². The van der Waals surface area contributed by atoms with Crippen LogP contribution in [0.1, 0.15) is 39.9 Å². The van der Waals surface area contributed by atoms with Crippen molar-refractivity contribution in [1.82, 2.24) is 9.88 Å². The molecule has 1 aliphatic carbocycles. The number of hydrogen-bond acceptors (Lipinski definition) is 2. The van der Waals surface area contributed by atoms with E-state index in [4.69, 9.17) is 0 Å². The lowest BCUT2D eigenvalue weighted by Crippen LogP contribution is -2.34. The lowest BCUT2D eigenvalue weighted by atomic mass is 10.1. The van der Waals surface area contributed by atoms with Crippen molar-refractivity contribution in [3.8, 4) is 0 Å². The van der Waals surface area contributed by atoms with E-state index in [-0.39, 0.29) is 17.5 Å². The van der Waals surface area contributed by atoms with Gasteiger partial charge >= 0.3 is 0 Å². The first-order valence-electron chi connectivity index (χ1n) is 9.01. The zero-order chi connectivity index (χ0) is 18.3. The number of benzene rings is 2. The van der Waals surface area contributed by atoms with Crippen molar-refractivity contribution >= 4 is 16.8 Å². The summed E-state index contributed by atoms with van der Waals surface area (Å²) in [5.41, 5.74) is 4.23. The van der Waals surface area contributed by atoms with Gasteiger partial charge < -0.3 is 9.88 Å². The van der Waals surface area contributed by atoms with Gasteiger partial charge in [0.2, 0.25) is 0 Å². The number of aromatic amines is 1. The summed E-state index contributed by atoms with van der Waals surface area (Å²) in [6.45, 7) is 4.35. The highest BCUT2D eigenvalue weighted by molar-refractivity contribution is 5.94. The summed E-state index contributed by atoms with van der Waals surface area (Å²) in [5.74, 6) is -0.0000563. The Kier molecular flexibility index (Phi) is 4.11. The summed E-state index contributed by atoms with van der Waals surface area (Å²) in [6, 6.07) is 15.7. The molecule has 0 saturated heterocycles. The second kappa shape index (κ2) is 6.45. The highest BCUT2D eigenvalue weighted by Crippen LogP contribution is 2.30. The topological polar surface area (TPSA) is 53.2 Å². The molecule has 132 valence electrons. The van der Waals surface area contributed by atoms with Crippen LogP contribution >= 0.6 is 0 Å². The predicted molar refractivity (Wildman–Crippen MR) is 103 cm³/mol. The number of carbonyl (C=O) groups excluding carboxylic acids is 1. The van der Waals surface area contributed by atoms with Gasteiger partial charge in [-0.1, -0.05) is 29.3 Å². The number of amides is 1. The van der Waals surface area contributed by atoms with Crippen LogP contribution in [0.5, 0.6) is 0 Å². The molecule has 1 heterocycles. The molecule has 0 spiro atoms. The van der Waals surface area contributed by atoms with Gasteiger partial charge in [0.25, 0.3) is 11.5 Å². The Hall–Kier alpha value is -2.88. The fourth-order valence-electron chi connectivity index (χ4n) is 3.37. The van der Waals surface area contributed by atoms with Gasteiger partial charge in [0, 0.05) is 22.7 Å². The van der Waals surface area contributed by atoms with Crippen LogP contribution in [0.2, 0.25) is 0 Å². The molecular formula is C22H22N2O2. The molecule has 0 aliphatic heterocycles.